The molecule has 0 amide bonds. The van der Waals surface area contributed by atoms with Crippen LogP contribution in [0.2, 0.25) is 0 Å². The van der Waals surface area contributed by atoms with Crippen molar-refractivity contribution in [3.05, 3.63) is 11.9 Å². The molecule has 0 radical (unpaired) electrons. The van der Waals surface area contributed by atoms with Crippen molar-refractivity contribution in [2.45, 2.75) is 19.8 Å². The maximum absolute atomic E-state index is 4.29. The van der Waals surface area contributed by atoms with Crippen LogP contribution in [0.4, 0.5) is 5.69 Å². The molecule has 0 aliphatic carbocycles. The summed E-state index contributed by atoms with van der Waals surface area (Å²) in [6.07, 6.45) is 4.25. The molecule has 1 aliphatic rings. The minimum absolute atomic E-state index is 1.07. The minimum atomic E-state index is 1.07. The van der Waals surface area contributed by atoms with Gasteiger partial charge in [0.15, 0.2) is 0 Å². The van der Waals surface area contributed by atoms with Gasteiger partial charge in [-0.3, -0.25) is 5.10 Å². The van der Waals surface area contributed by atoms with Crippen LogP contribution >= 0.6 is 0 Å². The Morgan fingerprint density at radius 3 is 2.93 bits per heavy atom. The average Bonchev–Trinajstić information content (AvgIpc) is 2.68. The van der Waals surface area contributed by atoms with E-state index < -0.39 is 0 Å². The van der Waals surface area contributed by atoms with Crippen LogP contribution in [0, 0.1) is 0 Å². The number of aryl methyl sites for hydroxylation is 1. The Balaban J connectivity index is 2.09. The average molecular weight is 194 g/mol. The lowest BCUT2D eigenvalue weighted by atomic mass is 10.2. The molecule has 0 bridgehead atoms. The van der Waals surface area contributed by atoms with E-state index in [1.165, 1.54) is 11.4 Å². The van der Waals surface area contributed by atoms with E-state index in [0.717, 1.165) is 39.0 Å². The Kier molecular flexibility index (Phi) is 3.03. The van der Waals surface area contributed by atoms with Gasteiger partial charge in [0.2, 0.25) is 0 Å². The number of nitrogens with zero attached hydrogens (tertiary/aromatic N) is 2. The van der Waals surface area contributed by atoms with E-state index in [2.05, 4.69) is 27.3 Å². The van der Waals surface area contributed by atoms with E-state index in [-0.39, 0.29) is 0 Å². The largest absolute Gasteiger partial charge is 0.366 e. The zero-order valence-electron chi connectivity index (χ0n) is 8.71. The van der Waals surface area contributed by atoms with Crippen molar-refractivity contribution in [2.24, 2.45) is 0 Å². The molecule has 0 atom stereocenters. The quantitative estimate of drug-likeness (QED) is 0.747. The lowest BCUT2D eigenvalue weighted by Crippen LogP contribution is -2.43. The highest BCUT2D eigenvalue weighted by molar-refractivity contribution is 5.49. The number of nitrogens with one attached hydrogen (secondary N) is 2. The second kappa shape index (κ2) is 4.46. The first-order chi connectivity index (χ1) is 6.92. The third-order valence-corrected chi connectivity index (χ3v) is 2.64. The second-order valence-corrected chi connectivity index (χ2v) is 3.70. The summed E-state index contributed by atoms with van der Waals surface area (Å²) in [6.45, 7) is 6.54. The molecule has 1 aliphatic heterocycles. The van der Waals surface area contributed by atoms with Gasteiger partial charge in [0.05, 0.1) is 11.4 Å². The molecule has 1 aromatic heterocycles. The highest BCUT2D eigenvalue weighted by Gasteiger charge is 2.15. The maximum Gasteiger partial charge on any atom is 0.0855 e. The molecule has 4 nitrogen and oxygen atoms in total. The number of anilines is 1. The molecular formula is C10H18N4. The topological polar surface area (TPSA) is 44.0 Å². The van der Waals surface area contributed by atoms with Crippen molar-refractivity contribution in [1.82, 2.24) is 15.5 Å². The van der Waals surface area contributed by atoms with Crippen molar-refractivity contribution in [3.63, 3.8) is 0 Å². The Labute approximate surface area is 84.7 Å². The van der Waals surface area contributed by atoms with E-state index in [9.17, 15) is 0 Å². The first-order valence-corrected chi connectivity index (χ1v) is 5.40. The number of rotatable bonds is 3. The van der Waals surface area contributed by atoms with E-state index >= 15 is 0 Å². The molecule has 0 aromatic carbocycles. The third-order valence-electron chi connectivity index (χ3n) is 2.64. The molecule has 1 saturated heterocycles. The van der Waals surface area contributed by atoms with E-state index in [1.54, 1.807) is 0 Å². The lowest BCUT2D eigenvalue weighted by molar-refractivity contribution is 0.587. The smallest absolute Gasteiger partial charge is 0.0855 e. The monoisotopic (exact) mass is 194 g/mol. The SMILES string of the molecule is CCCc1n[nH]cc1N1CCNCC1. The van der Waals surface area contributed by atoms with Crippen molar-refractivity contribution in [2.75, 3.05) is 31.1 Å². The van der Waals surface area contributed by atoms with Gasteiger partial charge in [-0.25, -0.2) is 0 Å². The normalized spacial score (nSPS) is 17.4. The molecule has 2 rings (SSSR count). The van der Waals surface area contributed by atoms with Crippen molar-refractivity contribution in [1.29, 1.82) is 0 Å². The molecule has 4 heteroatoms. The van der Waals surface area contributed by atoms with Gasteiger partial charge in [0.25, 0.3) is 0 Å². The van der Waals surface area contributed by atoms with Crippen molar-refractivity contribution < 1.29 is 0 Å². The second-order valence-electron chi connectivity index (χ2n) is 3.70. The van der Waals surface area contributed by atoms with Crippen LogP contribution in [0.3, 0.4) is 0 Å². The van der Waals surface area contributed by atoms with Crippen LogP contribution in [0.1, 0.15) is 19.0 Å². The molecule has 0 unspecified atom stereocenters. The van der Waals surface area contributed by atoms with Crippen LogP contribution in [0.25, 0.3) is 0 Å². The summed E-state index contributed by atoms with van der Waals surface area (Å²) >= 11 is 0. The Hall–Kier alpha value is -1.03. The highest BCUT2D eigenvalue weighted by Crippen LogP contribution is 2.19. The lowest BCUT2D eigenvalue weighted by Gasteiger charge is -2.28. The minimum Gasteiger partial charge on any atom is -0.366 e. The van der Waals surface area contributed by atoms with E-state index in [0.29, 0.717) is 0 Å². The van der Waals surface area contributed by atoms with E-state index in [1.807, 2.05) is 6.20 Å². The molecule has 2 N–H and O–H groups in total. The van der Waals surface area contributed by atoms with Gasteiger partial charge in [0, 0.05) is 32.4 Å². The standard InChI is InChI=1S/C10H18N4/c1-2-3-9-10(8-12-13-9)14-6-4-11-5-7-14/h8,11H,2-7H2,1H3,(H,12,13). The summed E-state index contributed by atoms with van der Waals surface area (Å²) in [7, 11) is 0. The van der Waals surface area contributed by atoms with Crippen LogP contribution in [0.15, 0.2) is 6.20 Å². The Morgan fingerprint density at radius 1 is 1.43 bits per heavy atom. The molecule has 2 heterocycles. The summed E-state index contributed by atoms with van der Waals surface area (Å²) in [5.41, 5.74) is 2.52. The van der Waals surface area contributed by atoms with Crippen molar-refractivity contribution in [3.8, 4) is 0 Å². The molecular weight excluding hydrogens is 176 g/mol. The predicted octanol–water partition coefficient (Wildman–Crippen LogP) is 0.772. The van der Waals surface area contributed by atoms with Gasteiger partial charge in [-0.2, -0.15) is 5.10 Å². The number of hydrogen-bond donors (Lipinski definition) is 2. The van der Waals surface area contributed by atoms with E-state index in [4.69, 9.17) is 0 Å². The van der Waals surface area contributed by atoms with Gasteiger partial charge >= 0.3 is 0 Å². The fraction of sp³-hybridized carbons (Fsp3) is 0.700. The molecule has 78 valence electrons. The number of aromatic nitrogens is 2. The summed E-state index contributed by atoms with van der Waals surface area (Å²) in [5, 5.41) is 10.6. The van der Waals surface area contributed by atoms with Crippen LogP contribution < -0.4 is 10.2 Å². The maximum atomic E-state index is 4.29. The molecule has 1 fully saturated rings. The molecule has 0 spiro atoms. The fourth-order valence-electron chi connectivity index (χ4n) is 1.91. The van der Waals surface area contributed by atoms with Gasteiger partial charge in [-0.15, -0.1) is 0 Å². The first-order valence-electron chi connectivity index (χ1n) is 5.40. The number of hydrogen-bond acceptors (Lipinski definition) is 3. The third kappa shape index (κ3) is 1.90. The molecule has 0 saturated carbocycles. The Bertz CT molecular complexity index is 275. The number of H-pyrrole nitrogens is 1. The van der Waals surface area contributed by atoms with Crippen LogP contribution in [-0.2, 0) is 6.42 Å². The predicted molar refractivity (Wildman–Crippen MR) is 57.7 cm³/mol. The van der Waals surface area contributed by atoms with Gasteiger partial charge in [-0.1, -0.05) is 13.3 Å². The van der Waals surface area contributed by atoms with Crippen molar-refractivity contribution >= 4 is 5.69 Å². The first kappa shape index (κ1) is 9.52. The fourth-order valence-corrected chi connectivity index (χ4v) is 1.91. The van der Waals surface area contributed by atoms with Gasteiger partial charge in [-0.05, 0) is 6.42 Å². The summed E-state index contributed by atoms with van der Waals surface area (Å²) in [6, 6.07) is 0. The Morgan fingerprint density at radius 2 is 2.21 bits per heavy atom. The number of aromatic amines is 1. The zero-order valence-corrected chi connectivity index (χ0v) is 8.71. The number of piperazine rings is 1. The highest BCUT2D eigenvalue weighted by atomic mass is 15.2. The molecule has 1 aromatic rings. The zero-order chi connectivity index (χ0) is 9.80. The van der Waals surface area contributed by atoms with Crippen LogP contribution in [0.5, 0.6) is 0 Å². The summed E-state index contributed by atoms with van der Waals surface area (Å²) in [4.78, 5) is 2.41. The summed E-state index contributed by atoms with van der Waals surface area (Å²) in [5.74, 6) is 0. The van der Waals surface area contributed by atoms with Crippen LogP contribution in [-0.4, -0.2) is 36.4 Å². The van der Waals surface area contributed by atoms with Gasteiger partial charge in [0.1, 0.15) is 0 Å². The molecule has 14 heavy (non-hydrogen) atoms. The van der Waals surface area contributed by atoms with Gasteiger partial charge < -0.3 is 10.2 Å². The summed E-state index contributed by atoms with van der Waals surface area (Å²) < 4.78 is 0.